The Hall–Kier alpha value is -1.32. The third-order valence-electron chi connectivity index (χ3n) is 1.94. The van der Waals surface area contributed by atoms with E-state index in [0.29, 0.717) is 18.7 Å². The van der Waals surface area contributed by atoms with Crippen LogP contribution in [0, 0.1) is 0 Å². The average Bonchev–Trinajstić information content (AvgIpc) is 2.63. The molecule has 0 amide bonds. The van der Waals surface area contributed by atoms with E-state index in [4.69, 9.17) is 9.57 Å². The number of hydrogen-bond donors (Lipinski definition) is 0. The molecule has 14 heavy (non-hydrogen) atoms. The molecule has 1 aliphatic heterocycles. The molecule has 0 saturated carbocycles. The van der Waals surface area contributed by atoms with Gasteiger partial charge >= 0.3 is 5.97 Å². The van der Waals surface area contributed by atoms with Crippen LogP contribution in [0.5, 0.6) is 0 Å². The monoisotopic (exact) mass is 197 g/mol. The highest BCUT2D eigenvalue weighted by molar-refractivity contribution is 6.36. The van der Waals surface area contributed by atoms with Crippen molar-refractivity contribution in [2.45, 2.75) is 32.3 Å². The van der Waals surface area contributed by atoms with E-state index in [-0.39, 0.29) is 12.1 Å². The number of esters is 1. The number of carbonyl (C=O) groups is 1. The van der Waals surface area contributed by atoms with Crippen LogP contribution >= 0.6 is 0 Å². The standard InChI is InChI=1S/C10H15NO3/c1-3-5-6-8-7-9(11-14-8)10(12)13-4-2/h3,8H,1,4-7H2,2H3/t8-/m1/s1. The lowest BCUT2D eigenvalue weighted by Gasteiger charge is -2.04. The maximum atomic E-state index is 11.2. The molecule has 78 valence electrons. The summed E-state index contributed by atoms with van der Waals surface area (Å²) in [4.78, 5) is 16.3. The first kappa shape index (κ1) is 10.8. The minimum atomic E-state index is -0.367. The molecule has 1 heterocycles. The second-order valence-electron chi connectivity index (χ2n) is 3.06. The molecule has 0 aliphatic carbocycles. The maximum absolute atomic E-state index is 11.2. The summed E-state index contributed by atoms with van der Waals surface area (Å²) in [5.74, 6) is -0.367. The topological polar surface area (TPSA) is 47.9 Å². The van der Waals surface area contributed by atoms with Crippen LogP contribution < -0.4 is 0 Å². The van der Waals surface area contributed by atoms with Gasteiger partial charge in [0.25, 0.3) is 0 Å². The zero-order valence-corrected chi connectivity index (χ0v) is 8.36. The third kappa shape index (κ3) is 2.87. The minimum absolute atomic E-state index is 0.00686. The summed E-state index contributed by atoms with van der Waals surface area (Å²) >= 11 is 0. The van der Waals surface area contributed by atoms with Crippen molar-refractivity contribution in [2.75, 3.05) is 6.61 Å². The van der Waals surface area contributed by atoms with Crippen molar-refractivity contribution >= 4 is 11.7 Å². The van der Waals surface area contributed by atoms with E-state index in [9.17, 15) is 4.79 Å². The molecule has 1 aliphatic rings. The first-order valence-corrected chi connectivity index (χ1v) is 4.78. The Bertz CT molecular complexity index is 248. The van der Waals surface area contributed by atoms with Crippen molar-refractivity contribution in [1.29, 1.82) is 0 Å². The zero-order chi connectivity index (χ0) is 10.4. The van der Waals surface area contributed by atoms with E-state index in [1.165, 1.54) is 0 Å². The summed E-state index contributed by atoms with van der Waals surface area (Å²) in [6.07, 6.45) is 4.09. The van der Waals surface area contributed by atoms with Gasteiger partial charge in [0.2, 0.25) is 0 Å². The second-order valence-corrected chi connectivity index (χ2v) is 3.06. The van der Waals surface area contributed by atoms with Gasteiger partial charge in [-0.1, -0.05) is 11.2 Å². The van der Waals surface area contributed by atoms with Gasteiger partial charge in [-0.25, -0.2) is 4.79 Å². The Morgan fingerprint density at radius 1 is 1.86 bits per heavy atom. The van der Waals surface area contributed by atoms with Crippen LogP contribution in [-0.2, 0) is 14.4 Å². The lowest BCUT2D eigenvalue weighted by Crippen LogP contribution is -2.18. The molecule has 4 heteroatoms. The largest absolute Gasteiger partial charge is 0.461 e. The van der Waals surface area contributed by atoms with Crippen molar-refractivity contribution in [2.24, 2.45) is 5.16 Å². The lowest BCUT2D eigenvalue weighted by molar-refractivity contribution is -0.135. The molecule has 0 fully saturated rings. The Kier molecular flexibility index (Phi) is 4.16. The van der Waals surface area contributed by atoms with Crippen LogP contribution in [0.15, 0.2) is 17.8 Å². The molecule has 0 N–H and O–H groups in total. The average molecular weight is 197 g/mol. The van der Waals surface area contributed by atoms with Crippen LogP contribution in [0.2, 0.25) is 0 Å². The van der Waals surface area contributed by atoms with Gasteiger partial charge in [-0.3, -0.25) is 0 Å². The molecule has 1 atom stereocenters. The summed E-state index contributed by atoms with van der Waals surface area (Å²) in [5, 5.41) is 3.70. The molecule has 1 rings (SSSR count). The number of oxime groups is 1. The molecular weight excluding hydrogens is 182 g/mol. The predicted molar refractivity (Wildman–Crippen MR) is 53.0 cm³/mol. The molecule has 0 spiro atoms. The molecule has 0 aromatic heterocycles. The van der Waals surface area contributed by atoms with Gasteiger partial charge in [0, 0.05) is 6.42 Å². The molecule has 0 saturated heterocycles. The van der Waals surface area contributed by atoms with Gasteiger partial charge in [0.05, 0.1) is 6.61 Å². The fraction of sp³-hybridized carbons (Fsp3) is 0.600. The van der Waals surface area contributed by atoms with Gasteiger partial charge in [-0.05, 0) is 19.8 Å². The van der Waals surface area contributed by atoms with Gasteiger partial charge < -0.3 is 9.57 Å². The zero-order valence-electron chi connectivity index (χ0n) is 8.36. The fourth-order valence-corrected chi connectivity index (χ4v) is 1.22. The summed E-state index contributed by atoms with van der Waals surface area (Å²) in [6, 6.07) is 0. The van der Waals surface area contributed by atoms with Crippen LogP contribution in [-0.4, -0.2) is 24.4 Å². The normalized spacial score (nSPS) is 19.8. The van der Waals surface area contributed by atoms with Gasteiger partial charge in [-0.2, -0.15) is 0 Å². The first-order valence-electron chi connectivity index (χ1n) is 4.78. The number of hydrogen-bond acceptors (Lipinski definition) is 4. The van der Waals surface area contributed by atoms with E-state index in [2.05, 4.69) is 11.7 Å². The fourth-order valence-electron chi connectivity index (χ4n) is 1.22. The van der Waals surface area contributed by atoms with E-state index in [1.807, 2.05) is 6.08 Å². The Morgan fingerprint density at radius 2 is 2.64 bits per heavy atom. The molecule has 4 nitrogen and oxygen atoms in total. The van der Waals surface area contributed by atoms with Gasteiger partial charge in [0.1, 0.15) is 6.10 Å². The molecule has 0 bridgehead atoms. The van der Waals surface area contributed by atoms with Gasteiger partial charge in [0.15, 0.2) is 5.71 Å². The summed E-state index contributed by atoms with van der Waals surface area (Å²) in [5.41, 5.74) is 0.390. The third-order valence-corrected chi connectivity index (χ3v) is 1.94. The minimum Gasteiger partial charge on any atom is -0.461 e. The number of allylic oxidation sites excluding steroid dienone is 1. The molecule has 0 unspecified atom stereocenters. The van der Waals surface area contributed by atoms with Crippen molar-refractivity contribution in [1.82, 2.24) is 0 Å². The second kappa shape index (κ2) is 5.42. The summed E-state index contributed by atoms with van der Waals surface area (Å²) in [7, 11) is 0. The van der Waals surface area contributed by atoms with E-state index in [1.54, 1.807) is 6.92 Å². The van der Waals surface area contributed by atoms with Crippen LogP contribution in [0.1, 0.15) is 26.2 Å². The number of carbonyl (C=O) groups excluding carboxylic acids is 1. The number of rotatable bonds is 5. The van der Waals surface area contributed by atoms with Crippen LogP contribution in [0.4, 0.5) is 0 Å². The Labute approximate surface area is 83.6 Å². The van der Waals surface area contributed by atoms with E-state index >= 15 is 0 Å². The van der Waals surface area contributed by atoms with Crippen LogP contribution in [0.3, 0.4) is 0 Å². The van der Waals surface area contributed by atoms with Crippen molar-refractivity contribution in [3.8, 4) is 0 Å². The first-order chi connectivity index (χ1) is 6.77. The molecule has 0 radical (unpaired) electrons. The van der Waals surface area contributed by atoms with E-state index in [0.717, 1.165) is 12.8 Å². The Balaban J connectivity index is 2.31. The smallest absolute Gasteiger partial charge is 0.356 e. The van der Waals surface area contributed by atoms with Crippen molar-refractivity contribution in [3.63, 3.8) is 0 Å². The number of nitrogens with zero attached hydrogens (tertiary/aromatic N) is 1. The van der Waals surface area contributed by atoms with Crippen LogP contribution in [0.25, 0.3) is 0 Å². The summed E-state index contributed by atoms with van der Waals surface area (Å²) < 4.78 is 4.81. The highest BCUT2D eigenvalue weighted by atomic mass is 16.6. The van der Waals surface area contributed by atoms with Crippen molar-refractivity contribution < 1.29 is 14.4 Å². The van der Waals surface area contributed by atoms with E-state index < -0.39 is 0 Å². The molecule has 0 aromatic carbocycles. The summed E-state index contributed by atoms with van der Waals surface area (Å²) in [6.45, 7) is 5.76. The quantitative estimate of drug-likeness (QED) is 0.497. The predicted octanol–water partition coefficient (Wildman–Crippen LogP) is 1.66. The maximum Gasteiger partial charge on any atom is 0.356 e. The van der Waals surface area contributed by atoms with Crippen molar-refractivity contribution in [3.05, 3.63) is 12.7 Å². The van der Waals surface area contributed by atoms with Gasteiger partial charge in [-0.15, -0.1) is 6.58 Å². The number of ether oxygens (including phenoxy) is 1. The highest BCUT2D eigenvalue weighted by Gasteiger charge is 2.26. The SMILES string of the molecule is C=CCC[C@@H]1CC(C(=O)OCC)=NO1. The molecular formula is C10H15NO3. The molecule has 0 aromatic rings. The lowest BCUT2D eigenvalue weighted by atomic mass is 10.1. The Morgan fingerprint density at radius 3 is 3.29 bits per heavy atom. The highest BCUT2D eigenvalue weighted by Crippen LogP contribution is 2.16.